The normalized spacial score (nSPS) is 30.2. The molecule has 23 heavy (non-hydrogen) atoms. The summed E-state index contributed by atoms with van der Waals surface area (Å²) >= 11 is 0. The third kappa shape index (κ3) is 2.97. The van der Waals surface area contributed by atoms with E-state index >= 15 is 0 Å². The van der Waals surface area contributed by atoms with Crippen molar-refractivity contribution in [1.82, 2.24) is 14.7 Å². The van der Waals surface area contributed by atoms with Gasteiger partial charge in [-0.2, -0.15) is 0 Å². The van der Waals surface area contributed by atoms with Gasteiger partial charge in [0, 0.05) is 32.7 Å². The first kappa shape index (κ1) is 16.7. The minimum absolute atomic E-state index is 0.165. The molecule has 130 valence electrons. The lowest BCUT2D eigenvalue weighted by Gasteiger charge is -2.43. The maximum Gasteiger partial charge on any atom is 0.260 e. The summed E-state index contributed by atoms with van der Waals surface area (Å²) in [6.45, 7) is 3.34. The van der Waals surface area contributed by atoms with Crippen molar-refractivity contribution in [3.05, 3.63) is 0 Å². The molecular formula is C17H28FN3O2. The van der Waals surface area contributed by atoms with E-state index < -0.39 is 11.1 Å². The number of carbonyl (C=O) groups is 2. The number of rotatable bonds is 4. The van der Waals surface area contributed by atoms with Gasteiger partial charge in [0.2, 0.25) is 5.91 Å². The van der Waals surface area contributed by atoms with Crippen molar-refractivity contribution in [1.29, 1.82) is 0 Å². The fourth-order valence-corrected chi connectivity index (χ4v) is 4.10. The van der Waals surface area contributed by atoms with Crippen molar-refractivity contribution < 1.29 is 14.0 Å². The molecule has 0 aromatic carbocycles. The van der Waals surface area contributed by atoms with Crippen molar-refractivity contribution >= 4 is 11.8 Å². The highest BCUT2D eigenvalue weighted by molar-refractivity contribution is 5.89. The average Bonchev–Trinajstić information content (AvgIpc) is 2.79. The SMILES string of the molecule is CN(C)CCN1CCC2(CCCN(C(=O)C3(F)CCC3)C2)C1=O. The molecule has 6 heteroatoms. The van der Waals surface area contributed by atoms with E-state index in [0.717, 1.165) is 45.3 Å². The Labute approximate surface area is 137 Å². The number of hydrogen-bond donors (Lipinski definition) is 0. The Bertz CT molecular complexity index is 492. The van der Waals surface area contributed by atoms with Crippen LogP contribution in [0.1, 0.15) is 38.5 Å². The molecule has 1 aliphatic carbocycles. The molecule has 0 radical (unpaired) electrons. The Hall–Kier alpha value is -1.17. The molecule has 2 aliphatic heterocycles. The van der Waals surface area contributed by atoms with Crippen LogP contribution >= 0.6 is 0 Å². The Morgan fingerprint density at radius 1 is 1.17 bits per heavy atom. The first-order chi connectivity index (χ1) is 10.9. The summed E-state index contributed by atoms with van der Waals surface area (Å²) in [5.74, 6) is -0.208. The predicted octanol–water partition coefficient (Wildman–Crippen LogP) is 1.28. The molecule has 1 unspecified atom stereocenters. The van der Waals surface area contributed by atoms with Crippen LogP contribution in [0, 0.1) is 5.41 Å². The summed E-state index contributed by atoms with van der Waals surface area (Å²) in [6.07, 6.45) is 3.90. The molecule has 2 saturated heterocycles. The topological polar surface area (TPSA) is 43.9 Å². The zero-order chi connectivity index (χ0) is 16.7. The number of piperidine rings is 1. The van der Waals surface area contributed by atoms with E-state index in [1.54, 1.807) is 4.90 Å². The lowest BCUT2D eigenvalue weighted by Crippen LogP contribution is -2.56. The summed E-state index contributed by atoms with van der Waals surface area (Å²) in [7, 11) is 3.99. The summed E-state index contributed by atoms with van der Waals surface area (Å²) in [4.78, 5) is 31.0. The highest BCUT2D eigenvalue weighted by Crippen LogP contribution is 2.43. The Morgan fingerprint density at radius 3 is 2.52 bits per heavy atom. The second-order valence-corrected chi connectivity index (χ2v) is 7.77. The van der Waals surface area contributed by atoms with Crippen LogP contribution < -0.4 is 0 Å². The van der Waals surface area contributed by atoms with Gasteiger partial charge in [-0.15, -0.1) is 0 Å². The minimum atomic E-state index is -1.65. The molecule has 5 nitrogen and oxygen atoms in total. The van der Waals surface area contributed by atoms with E-state index in [9.17, 15) is 14.0 Å². The van der Waals surface area contributed by atoms with Gasteiger partial charge in [0.1, 0.15) is 0 Å². The van der Waals surface area contributed by atoms with Crippen LogP contribution in [0.3, 0.4) is 0 Å². The highest BCUT2D eigenvalue weighted by Gasteiger charge is 2.53. The molecule has 0 aromatic rings. The highest BCUT2D eigenvalue weighted by atomic mass is 19.1. The van der Waals surface area contributed by atoms with Crippen LogP contribution in [0.5, 0.6) is 0 Å². The van der Waals surface area contributed by atoms with Gasteiger partial charge < -0.3 is 14.7 Å². The summed E-state index contributed by atoms with van der Waals surface area (Å²) in [6, 6.07) is 0. The largest absolute Gasteiger partial charge is 0.341 e. The Kier molecular flexibility index (Phi) is 4.38. The monoisotopic (exact) mass is 325 g/mol. The molecule has 2 heterocycles. The molecule has 3 aliphatic rings. The van der Waals surface area contributed by atoms with E-state index in [4.69, 9.17) is 0 Å². The zero-order valence-electron chi connectivity index (χ0n) is 14.3. The van der Waals surface area contributed by atoms with Crippen LogP contribution in [0.2, 0.25) is 0 Å². The summed E-state index contributed by atoms with van der Waals surface area (Å²) in [5, 5.41) is 0. The van der Waals surface area contributed by atoms with E-state index in [0.29, 0.717) is 25.9 Å². The Balaban J connectivity index is 1.66. The molecule has 1 atom stereocenters. The average molecular weight is 325 g/mol. The predicted molar refractivity (Wildman–Crippen MR) is 85.7 cm³/mol. The van der Waals surface area contributed by atoms with Crippen molar-refractivity contribution in [2.45, 2.75) is 44.2 Å². The number of carbonyl (C=O) groups excluding carboxylic acids is 2. The van der Waals surface area contributed by atoms with E-state index in [1.807, 2.05) is 19.0 Å². The van der Waals surface area contributed by atoms with Gasteiger partial charge in [-0.25, -0.2) is 4.39 Å². The van der Waals surface area contributed by atoms with Crippen molar-refractivity contribution in [2.24, 2.45) is 5.41 Å². The maximum absolute atomic E-state index is 14.5. The zero-order valence-corrected chi connectivity index (χ0v) is 14.3. The van der Waals surface area contributed by atoms with Crippen LogP contribution in [0.15, 0.2) is 0 Å². The number of likely N-dealkylation sites (tertiary alicyclic amines) is 2. The molecule has 3 rings (SSSR count). The molecule has 1 saturated carbocycles. The van der Waals surface area contributed by atoms with E-state index in [-0.39, 0.29) is 11.8 Å². The second-order valence-electron chi connectivity index (χ2n) is 7.77. The van der Waals surface area contributed by atoms with Crippen LogP contribution in [-0.2, 0) is 9.59 Å². The third-order valence-electron chi connectivity index (χ3n) is 5.81. The first-order valence-corrected chi connectivity index (χ1v) is 8.79. The molecule has 0 bridgehead atoms. The van der Waals surface area contributed by atoms with Gasteiger partial charge in [0.05, 0.1) is 5.41 Å². The van der Waals surface area contributed by atoms with Crippen molar-refractivity contribution in [2.75, 3.05) is 46.8 Å². The van der Waals surface area contributed by atoms with Gasteiger partial charge in [-0.1, -0.05) is 0 Å². The van der Waals surface area contributed by atoms with E-state index in [1.165, 1.54) is 0 Å². The first-order valence-electron chi connectivity index (χ1n) is 8.79. The molecule has 0 aromatic heterocycles. The van der Waals surface area contributed by atoms with Gasteiger partial charge >= 0.3 is 0 Å². The molecule has 2 amide bonds. The van der Waals surface area contributed by atoms with Gasteiger partial charge in [-0.3, -0.25) is 9.59 Å². The fourth-order valence-electron chi connectivity index (χ4n) is 4.10. The minimum Gasteiger partial charge on any atom is -0.341 e. The lowest BCUT2D eigenvalue weighted by molar-refractivity contribution is -0.155. The van der Waals surface area contributed by atoms with Crippen molar-refractivity contribution in [3.8, 4) is 0 Å². The fraction of sp³-hybridized carbons (Fsp3) is 0.882. The smallest absolute Gasteiger partial charge is 0.260 e. The standard InChI is InChI=1S/C17H28FN3O2/c1-19(2)11-12-20-10-8-16(14(20)22)5-4-9-21(13-16)15(23)17(18)6-3-7-17/h3-13H2,1-2H3. The van der Waals surface area contributed by atoms with Gasteiger partial charge in [0.25, 0.3) is 5.91 Å². The van der Waals surface area contributed by atoms with Crippen LogP contribution in [0.4, 0.5) is 4.39 Å². The maximum atomic E-state index is 14.5. The second kappa shape index (κ2) is 6.04. The van der Waals surface area contributed by atoms with Gasteiger partial charge in [-0.05, 0) is 52.6 Å². The summed E-state index contributed by atoms with van der Waals surface area (Å²) in [5.41, 5.74) is -2.11. The van der Waals surface area contributed by atoms with E-state index in [2.05, 4.69) is 4.90 Å². The van der Waals surface area contributed by atoms with Crippen molar-refractivity contribution in [3.63, 3.8) is 0 Å². The number of halogens is 1. The van der Waals surface area contributed by atoms with Crippen LogP contribution in [0.25, 0.3) is 0 Å². The molecule has 3 fully saturated rings. The lowest BCUT2D eigenvalue weighted by atomic mass is 9.76. The molecule has 1 spiro atoms. The summed E-state index contributed by atoms with van der Waals surface area (Å²) < 4.78 is 14.5. The molecular weight excluding hydrogens is 297 g/mol. The van der Waals surface area contributed by atoms with Gasteiger partial charge in [0.15, 0.2) is 5.67 Å². The quantitative estimate of drug-likeness (QED) is 0.782. The molecule has 0 N–H and O–H groups in total. The number of amides is 2. The number of nitrogens with zero attached hydrogens (tertiary/aromatic N) is 3. The number of likely N-dealkylation sites (N-methyl/N-ethyl adjacent to an activating group) is 1. The third-order valence-corrected chi connectivity index (χ3v) is 5.81. The number of alkyl halides is 1. The Morgan fingerprint density at radius 2 is 1.91 bits per heavy atom. The van der Waals surface area contributed by atoms with Crippen LogP contribution in [-0.4, -0.2) is 79.0 Å². The number of hydrogen-bond acceptors (Lipinski definition) is 3.